The highest BCUT2D eigenvalue weighted by Crippen LogP contribution is 2.33. The fourth-order valence-corrected chi connectivity index (χ4v) is 3.71. The van der Waals surface area contributed by atoms with Gasteiger partial charge in [-0.2, -0.15) is 15.3 Å². The second kappa shape index (κ2) is 6.93. The number of aromatic hydroxyl groups is 1. The summed E-state index contributed by atoms with van der Waals surface area (Å²) in [5.41, 5.74) is 6.92. The van der Waals surface area contributed by atoms with Crippen molar-refractivity contribution in [1.29, 1.82) is 0 Å². The van der Waals surface area contributed by atoms with E-state index in [0.717, 1.165) is 53.1 Å². The van der Waals surface area contributed by atoms with Gasteiger partial charge in [0.15, 0.2) is 0 Å². The first-order valence-corrected chi connectivity index (χ1v) is 9.83. The Morgan fingerprint density at radius 2 is 1.97 bits per heavy atom. The summed E-state index contributed by atoms with van der Waals surface area (Å²) in [5.74, 6) is 0.606. The Kier molecular flexibility index (Phi) is 4.24. The van der Waals surface area contributed by atoms with E-state index in [4.69, 9.17) is 4.98 Å². The number of phenolic OH excluding ortho intramolecular Hbond substituents is 1. The third kappa shape index (κ3) is 3.13. The maximum absolute atomic E-state index is 10.7. The second-order valence-corrected chi connectivity index (χ2v) is 7.49. The van der Waals surface area contributed by atoms with Crippen molar-refractivity contribution >= 4 is 11.0 Å². The van der Waals surface area contributed by atoms with Crippen LogP contribution in [0.25, 0.3) is 33.5 Å². The van der Waals surface area contributed by atoms with Gasteiger partial charge in [0.25, 0.3) is 0 Å². The topological polar surface area (TPSA) is 88.8 Å². The molecule has 1 aliphatic heterocycles. The van der Waals surface area contributed by atoms with Crippen molar-refractivity contribution in [3.05, 3.63) is 53.9 Å². The lowest BCUT2D eigenvalue weighted by Crippen LogP contribution is -2.40. The fraction of sp³-hybridized carbons (Fsp3) is 0.273. The summed E-state index contributed by atoms with van der Waals surface area (Å²) < 4.78 is 1.78. The van der Waals surface area contributed by atoms with Crippen LogP contribution >= 0.6 is 0 Å². The van der Waals surface area contributed by atoms with Crippen LogP contribution in [-0.4, -0.2) is 43.2 Å². The molecule has 0 amide bonds. The minimum absolute atomic E-state index is 0.168. The van der Waals surface area contributed by atoms with E-state index in [2.05, 4.69) is 27.5 Å². The molecule has 4 aromatic rings. The molecular weight excluding hydrogens is 364 g/mol. The van der Waals surface area contributed by atoms with Crippen molar-refractivity contribution < 1.29 is 5.11 Å². The van der Waals surface area contributed by atoms with Gasteiger partial charge in [0.05, 0.1) is 23.3 Å². The van der Waals surface area contributed by atoms with Crippen LogP contribution in [0.15, 0.2) is 42.6 Å². The first-order valence-electron chi connectivity index (χ1n) is 9.83. The predicted octanol–water partition coefficient (Wildman–Crippen LogP) is 3.05. The molecule has 0 atom stereocenters. The molecule has 29 heavy (non-hydrogen) atoms. The van der Waals surface area contributed by atoms with Crippen molar-refractivity contribution in [2.45, 2.75) is 19.3 Å². The van der Waals surface area contributed by atoms with Crippen molar-refractivity contribution in [3.8, 4) is 28.3 Å². The molecule has 2 N–H and O–H groups in total. The molecule has 0 spiro atoms. The van der Waals surface area contributed by atoms with E-state index in [-0.39, 0.29) is 5.75 Å². The summed E-state index contributed by atoms with van der Waals surface area (Å²) in [6, 6.07) is 11.5. The molecule has 5 rings (SSSR count). The first-order chi connectivity index (χ1) is 14.1. The summed E-state index contributed by atoms with van der Waals surface area (Å²) in [6.45, 7) is 4.00. The lowest BCUT2D eigenvalue weighted by molar-refractivity contribution is 0.436. The number of hydrogen-bond acceptors (Lipinski definition) is 6. The molecule has 146 valence electrons. The van der Waals surface area contributed by atoms with Gasteiger partial charge in [0.2, 0.25) is 0 Å². The quantitative estimate of drug-likeness (QED) is 0.560. The molecule has 1 fully saturated rings. The molecule has 1 aromatic carbocycles. The zero-order valence-corrected chi connectivity index (χ0v) is 16.4. The second-order valence-electron chi connectivity index (χ2n) is 7.49. The molecule has 7 heteroatoms. The first kappa shape index (κ1) is 17.8. The van der Waals surface area contributed by atoms with Crippen molar-refractivity contribution in [3.63, 3.8) is 0 Å². The number of aromatic nitrogens is 5. The van der Waals surface area contributed by atoms with E-state index in [9.17, 15) is 5.11 Å². The normalized spacial score (nSPS) is 14.3. The van der Waals surface area contributed by atoms with Crippen LogP contribution in [0.5, 0.6) is 5.75 Å². The number of phenols is 1. The van der Waals surface area contributed by atoms with Crippen LogP contribution < -0.4 is 5.32 Å². The third-order valence-corrected chi connectivity index (χ3v) is 5.50. The highest BCUT2D eigenvalue weighted by Gasteiger charge is 2.21. The van der Waals surface area contributed by atoms with E-state index in [1.54, 1.807) is 10.7 Å². The van der Waals surface area contributed by atoms with Gasteiger partial charge in [-0.15, -0.1) is 0 Å². The lowest BCUT2D eigenvalue weighted by atomic mass is 9.98. The summed E-state index contributed by atoms with van der Waals surface area (Å²) in [4.78, 5) is 4.74. The molecule has 1 saturated heterocycles. The summed E-state index contributed by atoms with van der Waals surface area (Å²) in [5, 5.41) is 27.1. The van der Waals surface area contributed by atoms with Crippen LogP contribution in [0.3, 0.4) is 0 Å². The molecule has 0 unspecified atom stereocenters. The Bertz CT molecular complexity index is 1190. The van der Waals surface area contributed by atoms with Gasteiger partial charge in [0.1, 0.15) is 16.8 Å². The molecule has 3 aromatic heterocycles. The van der Waals surface area contributed by atoms with Crippen LogP contribution in [0.4, 0.5) is 0 Å². The molecule has 1 aliphatic rings. The Balaban J connectivity index is 1.50. The Morgan fingerprint density at radius 3 is 2.62 bits per heavy atom. The minimum atomic E-state index is 0.168. The van der Waals surface area contributed by atoms with Gasteiger partial charge in [0, 0.05) is 37.2 Å². The summed E-state index contributed by atoms with van der Waals surface area (Å²) in [7, 11) is 1.90. The molecule has 7 nitrogen and oxygen atoms in total. The van der Waals surface area contributed by atoms with E-state index >= 15 is 0 Å². The number of nitrogens with one attached hydrogen (secondary N) is 1. The molecular formula is C22H22N6O. The minimum Gasteiger partial charge on any atom is -0.507 e. The van der Waals surface area contributed by atoms with Gasteiger partial charge in [-0.3, -0.25) is 4.68 Å². The fourth-order valence-electron chi connectivity index (χ4n) is 3.71. The van der Waals surface area contributed by atoms with Crippen LogP contribution in [-0.2, 0) is 13.5 Å². The smallest absolute Gasteiger partial charge is 0.125 e. The average molecular weight is 386 g/mol. The van der Waals surface area contributed by atoms with E-state index < -0.39 is 0 Å². The molecule has 4 heterocycles. The van der Waals surface area contributed by atoms with E-state index in [1.807, 2.05) is 43.6 Å². The number of nitrogens with zero attached hydrogens (tertiary/aromatic N) is 5. The van der Waals surface area contributed by atoms with Gasteiger partial charge >= 0.3 is 0 Å². The third-order valence-electron chi connectivity index (χ3n) is 5.50. The Labute approximate surface area is 168 Å². The lowest BCUT2D eigenvalue weighted by Gasteiger charge is -2.25. The van der Waals surface area contributed by atoms with E-state index in [1.165, 1.54) is 0 Å². The highest BCUT2D eigenvalue weighted by molar-refractivity contribution is 5.82. The number of hydrogen-bond donors (Lipinski definition) is 2. The zero-order chi connectivity index (χ0) is 20.0. The molecule has 0 bridgehead atoms. The Hall–Kier alpha value is -3.32. The molecule has 0 aliphatic carbocycles. The number of pyridine rings is 1. The largest absolute Gasteiger partial charge is 0.507 e. The van der Waals surface area contributed by atoms with Crippen LogP contribution in [0.1, 0.15) is 24.1 Å². The standard InChI is InChI=1S/C22H22N6O/c1-3-13-8-19(24-20-12-28(2)27-22(13)20)14-4-5-16(21(29)9-14)18-7-6-17(25-26-18)15-10-23-11-15/h4-9,12,15,23,29H,3,10-11H2,1-2H3. The monoisotopic (exact) mass is 386 g/mol. The Morgan fingerprint density at radius 1 is 1.10 bits per heavy atom. The maximum atomic E-state index is 10.7. The average Bonchev–Trinajstić information content (AvgIpc) is 3.06. The van der Waals surface area contributed by atoms with Crippen molar-refractivity contribution in [2.24, 2.45) is 7.05 Å². The van der Waals surface area contributed by atoms with Crippen LogP contribution in [0.2, 0.25) is 0 Å². The summed E-state index contributed by atoms with van der Waals surface area (Å²) >= 11 is 0. The number of benzene rings is 1. The molecule has 0 saturated carbocycles. The number of aryl methyl sites for hydroxylation is 2. The predicted molar refractivity (Wildman–Crippen MR) is 112 cm³/mol. The number of fused-ring (bicyclic) bond motifs is 1. The van der Waals surface area contributed by atoms with Gasteiger partial charge in [-0.25, -0.2) is 4.98 Å². The number of rotatable bonds is 4. The van der Waals surface area contributed by atoms with Gasteiger partial charge in [-0.05, 0) is 42.3 Å². The van der Waals surface area contributed by atoms with Crippen molar-refractivity contribution in [2.75, 3.05) is 13.1 Å². The van der Waals surface area contributed by atoms with Crippen LogP contribution in [0, 0.1) is 0 Å². The molecule has 0 radical (unpaired) electrons. The van der Waals surface area contributed by atoms with Gasteiger partial charge in [-0.1, -0.05) is 13.0 Å². The van der Waals surface area contributed by atoms with Gasteiger partial charge < -0.3 is 10.4 Å². The highest BCUT2D eigenvalue weighted by atomic mass is 16.3. The van der Waals surface area contributed by atoms with E-state index in [0.29, 0.717) is 17.2 Å². The maximum Gasteiger partial charge on any atom is 0.125 e. The SMILES string of the molecule is CCc1cc(-c2ccc(-c3ccc(C4CNC4)nn3)c(O)c2)nc2cn(C)nc12. The zero-order valence-electron chi connectivity index (χ0n) is 16.4. The van der Waals surface area contributed by atoms with Crippen molar-refractivity contribution in [1.82, 2.24) is 30.3 Å². The summed E-state index contributed by atoms with van der Waals surface area (Å²) in [6.07, 6.45) is 2.78.